The molecule has 2 heterocycles. The Kier molecular flexibility index (Phi) is 6.71. The van der Waals surface area contributed by atoms with E-state index in [4.69, 9.17) is 9.47 Å². The van der Waals surface area contributed by atoms with Gasteiger partial charge < -0.3 is 14.4 Å². The van der Waals surface area contributed by atoms with Gasteiger partial charge in [-0.3, -0.25) is 9.59 Å². The van der Waals surface area contributed by atoms with Crippen molar-refractivity contribution in [2.45, 2.75) is 37.1 Å². The molecule has 1 saturated heterocycles. The Bertz CT molecular complexity index is 1120. The van der Waals surface area contributed by atoms with E-state index in [0.29, 0.717) is 18.6 Å². The number of benzene rings is 2. The molecular formula is C24H28N2O6S. The van der Waals surface area contributed by atoms with Crippen molar-refractivity contribution in [3.8, 4) is 5.75 Å². The van der Waals surface area contributed by atoms with Gasteiger partial charge >= 0.3 is 5.97 Å². The molecule has 176 valence electrons. The third kappa shape index (κ3) is 4.74. The van der Waals surface area contributed by atoms with Gasteiger partial charge in [0.2, 0.25) is 10.0 Å². The zero-order valence-electron chi connectivity index (χ0n) is 18.8. The number of methoxy groups -OCH3 is 1. The second-order valence-corrected chi connectivity index (χ2v) is 10.3. The Morgan fingerprint density at radius 1 is 1.03 bits per heavy atom. The summed E-state index contributed by atoms with van der Waals surface area (Å²) in [6, 6.07) is 14.0. The Hall–Kier alpha value is -2.91. The molecule has 33 heavy (non-hydrogen) atoms. The number of hydrogen-bond donors (Lipinski definition) is 0. The molecule has 4 rings (SSSR count). The molecular weight excluding hydrogens is 444 g/mol. The van der Waals surface area contributed by atoms with Crippen molar-refractivity contribution in [2.24, 2.45) is 5.92 Å². The molecule has 2 aliphatic heterocycles. The molecule has 0 saturated carbocycles. The minimum atomic E-state index is -3.64. The number of esters is 1. The molecule has 8 nitrogen and oxygen atoms in total. The molecule has 9 heteroatoms. The van der Waals surface area contributed by atoms with E-state index in [1.807, 2.05) is 31.2 Å². The van der Waals surface area contributed by atoms with Crippen molar-refractivity contribution in [1.82, 2.24) is 4.31 Å². The second-order valence-electron chi connectivity index (χ2n) is 8.41. The number of anilines is 1. The first-order chi connectivity index (χ1) is 15.8. The first-order valence-corrected chi connectivity index (χ1v) is 12.5. The summed E-state index contributed by atoms with van der Waals surface area (Å²) in [4.78, 5) is 27.2. The summed E-state index contributed by atoms with van der Waals surface area (Å²) in [5.41, 5.74) is 1.97. The summed E-state index contributed by atoms with van der Waals surface area (Å²) in [5, 5.41) is 0. The van der Waals surface area contributed by atoms with Gasteiger partial charge in [0.15, 0.2) is 6.61 Å². The highest BCUT2D eigenvalue weighted by atomic mass is 32.2. The fourth-order valence-electron chi connectivity index (χ4n) is 4.49. The minimum absolute atomic E-state index is 0.0139. The van der Waals surface area contributed by atoms with Crippen molar-refractivity contribution in [1.29, 1.82) is 0 Å². The van der Waals surface area contributed by atoms with Gasteiger partial charge in [0.25, 0.3) is 5.91 Å². The molecule has 1 fully saturated rings. The summed E-state index contributed by atoms with van der Waals surface area (Å²) in [7, 11) is -2.12. The highest BCUT2D eigenvalue weighted by Crippen LogP contribution is 2.32. The van der Waals surface area contributed by atoms with Gasteiger partial charge in [0, 0.05) is 24.8 Å². The van der Waals surface area contributed by atoms with Crippen LogP contribution in [0.2, 0.25) is 0 Å². The summed E-state index contributed by atoms with van der Waals surface area (Å²) < 4.78 is 37.5. The topological polar surface area (TPSA) is 93.2 Å². The zero-order chi connectivity index (χ0) is 23.6. The normalized spacial score (nSPS) is 19.2. The molecule has 2 aromatic carbocycles. The van der Waals surface area contributed by atoms with Crippen molar-refractivity contribution >= 4 is 27.6 Å². The number of ether oxygens (including phenoxy) is 2. The quantitative estimate of drug-likeness (QED) is 0.600. The maximum absolute atomic E-state index is 12.9. The number of para-hydroxylation sites is 1. The molecule has 0 spiro atoms. The molecule has 1 atom stereocenters. The molecule has 0 radical (unpaired) electrons. The number of hydrogen-bond acceptors (Lipinski definition) is 6. The zero-order valence-corrected chi connectivity index (χ0v) is 19.6. The van der Waals surface area contributed by atoms with Crippen molar-refractivity contribution in [3.63, 3.8) is 0 Å². The lowest BCUT2D eigenvalue weighted by Gasteiger charge is -2.30. The Labute approximate surface area is 194 Å². The predicted octanol–water partition coefficient (Wildman–Crippen LogP) is 2.62. The van der Waals surface area contributed by atoms with Crippen LogP contribution in [-0.4, -0.2) is 57.4 Å². The molecule has 1 unspecified atom stereocenters. The van der Waals surface area contributed by atoms with Gasteiger partial charge in [0.05, 0.1) is 17.9 Å². The highest BCUT2D eigenvalue weighted by Gasteiger charge is 2.34. The van der Waals surface area contributed by atoms with Crippen LogP contribution in [0.1, 0.15) is 25.3 Å². The summed E-state index contributed by atoms with van der Waals surface area (Å²) in [5.74, 6) is -0.550. The lowest BCUT2D eigenvalue weighted by atomic mass is 9.98. The van der Waals surface area contributed by atoms with E-state index in [9.17, 15) is 18.0 Å². The Morgan fingerprint density at radius 2 is 1.70 bits per heavy atom. The summed E-state index contributed by atoms with van der Waals surface area (Å²) in [6.45, 7) is 2.10. The van der Waals surface area contributed by atoms with Crippen molar-refractivity contribution in [2.75, 3.05) is 31.7 Å². The minimum Gasteiger partial charge on any atom is -0.497 e. The molecule has 0 bridgehead atoms. The third-order valence-corrected chi connectivity index (χ3v) is 8.21. The third-order valence-electron chi connectivity index (χ3n) is 6.30. The van der Waals surface area contributed by atoms with Gasteiger partial charge in [-0.15, -0.1) is 0 Å². The molecule has 2 aliphatic rings. The average Bonchev–Trinajstić information content (AvgIpc) is 3.18. The number of carbonyl (C=O) groups excluding carboxylic acids is 2. The SMILES string of the molecule is COc1ccc(S(=O)(=O)N2CCC(C(=O)OCC(=O)N3c4ccccc4CC3C)CC2)cc1. The van der Waals surface area contributed by atoms with Gasteiger partial charge in [-0.2, -0.15) is 4.31 Å². The van der Waals surface area contributed by atoms with Gasteiger partial charge in [-0.05, 0) is 62.1 Å². The second kappa shape index (κ2) is 9.52. The van der Waals surface area contributed by atoms with Crippen LogP contribution in [-0.2, 0) is 30.8 Å². The predicted molar refractivity (Wildman–Crippen MR) is 123 cm³/mol. The first kappa shape index (κ1) is 23.3. The summed E-state index contributed by atoms with van der Waals surface area (Å²) >= 11 is 0. The number of nitrogens with zero attached hydrogens (tertiary/aromatic N) is 2. The van der Waals surface area contributed by atoms with Crippen LogP contribution in [0.25, 0.3) is 0 Å². The standard InChI is InChI=1S/C24H28N2O6S/c1-17-15-19-5-3-4-6-22(19)26(17)23(27)16-32-24(28)18-11-13-25(14-12-18)33(29,30)21-9-7-20(31-2)8-10-21/h3-10,17-18H,11-16H2,1-2H3. The van der Waals surface area contributed by atoms with E-state index in [2.05, 4.69) is 0 Å². The molecule has 2 aromatic rings. The lowest BCUT2D eigenvalue weighted by Crippen LogP contribution is -2.42. The maximum Gasteiger partial charge on any atom is 0.309 e. The van der Waals surface area contributed by atoms with Gasteiger partial charge in [0.1, 0.15) is 5.75 Å². The molecule has 0 aromatic heterocycles. The molecule has 1 amide bonds. The summed E-state index contributed by atoms with van der Waals surface area (Å²) in [6.07, 6.45) is 1.48. The first-order valence-electron chi connectivity index (χ1n) is 11.0. The van der Waals surface area contributed by atoms with Crippen LogP contribution >= 0.6 is 0 Å². The Morgan fingerprint density at radius 3 is 2.36 bits per heavy atom. The molecule has 0 N–H and O–H groups in total. The Balaban J connectivity index is 1.30. The highest BCUT2D eigenvalue weighted by molar-refractivity contribution is 7.89. The largest absolute Gasteiger partial charge is 0.497 e. The van der Waals surface area contributed by atoms with E-state index >= 15 is 0 Å². The number of sulfonamides is 1. The van der Waals surface area contributed by atoms with Crippen LogP contribution in [0, 0.1) is 5.92 Å². The maximum atomic E-state index is 12.9. The van der Waals surface area contributed by atoms with E-state index in [1.54, 1.807) is 17.0 Å². The van der Waals surface area contributed by atoms with Crippen LogP contribution in [0.3, 0.4) is 0 Å². The van der Waals surface area contributed by atoms with Crippen LogP contribution in [0.4, 0.5) is 5.69 Å². The van der Waals surface area contributed by atoms with E-state index in [1.165, 1.54) is 23.5 Å². The van der Waals surface area contributed by atoms with Crippen molar-refractivity contribution in [3.05, 3.63) is 54.1 Å². The van der Waals surface area contributed by atoms with Gasteiger partial charge in [-0.1, -0.05) is 18.2 Å². The smallest absolute Gasteiger partial charge is 0.309 e. The van der Waals surface area contributed by atoms with Crippen LogP contribution < -0.4 is 9.64 Å². The van der Waals surface area contributed by atoms with Crippen LogP contribution in [0.5, 0.6) is 5.75 Å². The van der Waals surface area contributed by atoms with E-state index in [0.717, 1.165) is 17.7 Å². The number of rotatable bonds is 6. The monoisotopic (exact) mass is 472 g/mol. The average molecular weight is 473 g/mol. The fraction of sp³-hybridized carbons (Fsp3) is 0.417. The van der Waals surface area contributed by atoms with Gasteiger partial charge in [-0.25, -0.2) is 8.42 Å². The van der Waals surface area contributed by atoms with E-state index in [-0.39, 0.29) is 36.5 Å². The lowest BCUT2D eigenvalue weighted by molar-refractivity contribution is -0.153. The number of amides is 1. The van der Waals surface area contributed by atoms with E-state index < -0.39 is 21.9 Å². The fourth-order valence-corrected chi connectivity index (χ4v) is 5.96. The number of fused-ring (bicyclic) bond motifs is 1. The van der Waals surface area contributed by atoms with Crippen molar-refractivity contribution < 1.29 is 27.5 Å². The number of piperidine rings is 1. The molecule has 0 aliphatic carbocycles. The number of carbonyl (C=O) groups is 2. The van der Waals surface area contributed by atoms with Crippen LogP contribution in [0.15, 0.2) is 53.4 Å².